The van der Waals surface area contributed by atoms with Crippen LogP contribution in [0.1, 0.15) is 30.0 Å². The zero-order chi connectivity index (χ0) is 18.0. The second-order valence-electron chi connectivity index (χ2n) is 6.74. The van der Waals surface area contributed by atoms with Crippen molar-refractivity contribution < 1.29 is 9.90 Å². The van der Waals surface area contributed by atoms with Crippen molar-refractivity contribution in [2.45, 2.75) is 32.5 Å². The van der Waals surface area contributed by atoms with Gasteiger partial charge in [-0.3, -0.25) is 4.79 Å². The van der Waals surface area contributed by atoms with E-state index in [1.807, 2.05) is 48.5 Å². The van der Waals surface area contributed by atoms with Crippen LogP contribution < -0.4 is 11.1 Å². The number of anilines is 1. The number of nitrogens with two attached hydrogens (primary N) is 1. The third-order valence-electron chi connectivity index (χ3n) is 3.85. The first-order valence-corrected chi connectivity index (χ1v) is 8.14. The first kappa shape index (κ1) is 17.0. The largest absolute Gasteiger partial charge is 0.389 e. The summed E-state index contributed by atoms with van der Waals surface area (Å²) in [6.07, 6.45) is 0. The van der Waals surface area contributed by atoms with Gasteiger partial charge in [0.1, 0.15) is 0 Å². The quantitative estimate of drug-likeness (QED) is 0.644. The molecule has 1 aromatic heterocycles. The highest BCUT2D eigenvalue weighted by molar-refractivity contribution is 5.93. The maximum absolute atomic E-state index is 11.7. The monoisotopic (exact) mass is 338 g/mol. The molecule has 0 aliphatic carbocycles. The third kappa shape index (κ3) is 3.97. The Morgan fingerprint density at radius 3 is 2.60 bits per heavy atom. The normalized spacial score (nSPS) is 11.6. The molecule has 4 N–H and O–H groups in total. The standard InChI is InChI=1S/C19H22N4O2/c1-19(2,25)12-23-16-9-8-13(10-15(16)22-18(23)17(20)24)11-21-14-6-4-3-5-7-14/h3-10,21,25H,11-12H2,1-2H3,(H2,20,24). The van der Waals surface area contributed by atoms with Gasteiger partial charge in [0, 0.05) is 12.2 Å². The molecule has 0 fully saturated rings. The topological polar surface area (TPSA) is 93.2 Å². The molecule has 2 aromatic carbocycles. The predicted octanol–water partition coefficient (Wildman–Crippen LogP) is 2.52. The summed E-state index contributed by atoms with van der Waals surface area (Å²) in [5, 5.41) is 13.5. The van der Waals surface area contributed by atoms with Gasteiger partial charge in [-0.05, 0) is 43.7 Å². The van der Waals surface area contributed by atoms with Gasteiger partial charge >= 0.3 is 0 Å². The van der Waals surface area contributed by atoms with Crippen LogP contribution in [0, 0.1) is 0 Å². The molecule has 6 heteroatoms. The Balaban J connectivity index is 1.91. The summed E-state index contributed by atoms with van der Waals surface area (Å²) < 4.78 is 1.67. The van der Waals surface area contributed by atoms with Crippen LogP contribution >= 0.6 is 0 Å². The molecule has 0 aliphatic rings. The number of amides is 1. The van der Waals surface area contributed by atoms with E-state index in [-0.39, 0.29) is 12.4 Å². The van der Waals surface area contributed by atoms with E-state index in [2.05, 4.69) is 10.3 Å². The molecule has 0 bridgehead atoms. The van der Waals surface area contributed by atoms with Gasteiger partial charge in [0.2, 0.25) is 0 Å². The average Bonchev–Trinajstić information content (AvgIpc) is 2.90. The molecule has 0 atom stereocenters. The minimum absolute atomic E-state index is 0.158. The van der Waals surface area contributed by atoms with E-state index in [0.717, 1.165) is 16.8 Å². The van der Waals surface area contributed by atoms with Crippen molar-refractivity contribution in [3.8, 4) is 0 Å². The van der Waals surface area contributed by atoms with Gasteiger partial charge in [0.25, 0.3) is 5.91 Å². The molecule has 0 unspecified atom stereocenters. The van der Waals surface area contributed by atoms with E-state index >= 15 is 0 Å². The van der Waals surface area contributed by atoms with Crippen LogP contribution in [0.3, 0.4) is 0 Å². The van der Waals surface area contributed by atoms with E-state index < -0.39 is 11.5 Å². The van der Waals surface area contributed by atoms with Gasteiger partial charge in [0.05, 0.1) is 23.2 Å². The summed E-state index contributed by atoms with van der Waals surface area (Å²) in [7, 11) is 0. The number of nitrogens with zero attached hydrogens (tertiary/aromatic N) is 2. The van der Waals surface area contributed by atoms with Crippen molar-refractivity contribution in [3.05, 3.63) is 59.9 Å². The van der Waals surface area contributed by atoms with Gasteiger partial charge in [-0.2, -0.15) is 0 Å². The zero-order valence-corrected chi connectivity index (χ0v) is 14.4. The molecule has 0 saturated carbocycles. The molecule has 25 heavy (non-hydrogen) atoms. The van der Waals surface area contributed by atoms with Crippen LogP contribution in [0.25, 0.3) is 11.0 Å². The van der Waals surface area contributed by atoms with E-state index in [1.165, 1.54) is 0 Å². The van der Waals surface area contributed by atoms with Crippen LogP contribution in [-0.4, -0.2) is 26.2 Å². The number of carbonyl (C=O) groups excluding carboxylic acids is 1. The minimum atomic E-state index is -0.981. The van der Waals surface area contributed by atoms with Crippen molar-refractivity contribution in [1.29, 1.82) is 0 Å². The van der Waals surface area contributed by atoms with Gasteiger partial charge < -0.3 is 20.7 Å². The van der Waals surface area contributed by atoms with Gasteiger partial charge in [0.15, 0.2) is 5.82 Å². The molecule has 3 rings (SSSR count). The predicted molar refractivity (Wildman–Crippen MR) is 98.3 cm³/mol. The molecule has 1 heterocycles. The van der Waals surface area contributed by atoms with E-state index in [4.69, 9.17) is 5.73 Å². The van der Waals surface area contributed by atoms with Crippen LogP contribution in [0.2, 0.25) is 0 Å². The Morgan fingerprint density at radius 2 is 1.96 bits per heavy atom. The van der Waals surface area contributed by atoms with Crippen LogP contribution in [0.5, 0.6) is 0 Å². The fourth-order valence-corrected chi connectivity index (χ4v) is 2.78. The average molecular weight is 338 g/mol. The minimum Gasteiger partial charge on any atom is -0.389 e. The second kappa shape index (κ2) is 6.57. The first-order valence-electron chi connectivity index (χ1n) is 8.14. The van der Waals surface area contributed by atoms with Gasteiger partial charge in [-0.15, -0.1) is 0 Å². The van der Waals surface area contributed by atoms with Crippen molar-refractivity contribution in [2.75, 3.05) is 5.32 Å². The maximum Gasteiger partial charge on any atom is 0.284 e. The number of benzene rings is 2. The van der Waals surface area contributed by atoms with Crippen molar-refractivity contribution in [3.63, 3.8) is 0 Å². The third-order valence-corrected chi connectivity index (χ3v) is 3.85. The molecular formula is C19H22N4O2. The van der Waals surface area contributed by atoms with Crippen LogP contribution in [0.15, 0.2) is 48.5 Å². The Kier molecular flexibility index (Phi) is 4.46. The number of hydrogen-bond acceptors (Lipinski definition) is 4. The van der Waals surface area contributed by atoms with Crippen molar-refractivity contribution in [2.24, 2.45) is 5.73 Å². The zero-order valence-electron chi connectivity index (χ0n) is 14.4. The molecule has 0 saturated heterocycles. The van der Waals surface area contributed by atoms with Gasteiger partial charge in [-0.25, -0.2) is 4.98 Å². The number of primary amides is 1. The van der Waals surface area contributed by atoms with Crippen LogP contribution in [-0.2, 0) is 13.1 Å². The number of aliphatic hydroxyl groups is 1. The summed E-state index contributed by atoms with van der Waals surface area (Å²) >= 11 is 0. The van der Waals surface area contributed by atoms with Crippen LogP contribution in [0.4, 0.5) is 5.69 Å². The highest BCUT2D eigenvalue weighted by atomic mass is 16.3. The Bertz CT molecular complexity index is 895. The lowest BCUT2D eigenvalue weighted by molar-refractivity contribution is 0.0614. The number of fused-ring (bicyclic) bond motifs is 1. The number of carbonyl (C=O) groups is 1. The number of nitrogens with one attached hydrogen (secondary N) is 1. The molecule has 6 nitrogen and oxygen atoms in total. The lowest BCUT2D eigenvalue weighted by Gasteiger charge is -2.19. The highest BCUT2D eigenvalue weighted by Crippen LogP contribution is 2.21. The Labute approximate surface area is 146 Å². The molecule has 3 aromatic rings. The second-order valence-corrected chi connectivity index (χ2v) is 6.74. The summed E-state index contributed by atoms with van der Waals surface area (Å²) in [4.78, 5) is 16.1. The highest BCUT2D eigenvalue weighted by Gasteiger charge is 2.21. The Hall–Kier alpha value is -2.86. The fraction of sp³-hybridized carbons (Fsp3) is 0.263. The molecule has 130 valence electrons. The summed E-state index contributed by atoms with van der Waals surface area (Å²) in [6.45, 7) is 4.25. The number of rotatable bonds is 6. The smallest absolute Gasteiger partial charge is 0.284 e. The van der Waals surface area contributed by atoms with Crippen molar-refractivity contribution in [1.82, 2.24) is 9.55 Å². The van der Waals surface area contributed by atoms with Gasteiger partial charge in [-0.1, -0.05) is 24.3 Å². The number of para-hydroxylation sites is 1. The lowest BCUT2D eigenvalue weighted by atomic mass is 10.1. The summed E-state index contributed by atoms with van der Waals surface area (Å²) in [5.74, 6) is -0.449. The molecular weight excluding hydrogens is 316 g/mol. The number of hydrogen-bond donors (Lipinski definition) is 3. The summed E-state index contributed by atoms with van der Waals surface area (Å²) in [6, 6.07) is 15.7. The van der Waals surface area contributed by atoms with Crippen molar-refractivity contribution >= 4 is 22.6 Å². The van der Waals surface area contributed by atoms with E-state index in [1.54, 1.807) is 18.4 Å². The van der Waals surface area contributed by atoms with E-state index in [9.17, 15) is 9.90 Å². The number of aromatic nitrogens is 2. The molecule has 0 aliphatic heterocycles. The molecule has 0 spiro atoms. The fourth-order valence-electron chi connectivity index (χ4n) is 2.78. The SMILES string of the molecule is CC(C)(O)Cn1c(C(N)=O)nc2cc(CNc3ccccc3)ccc21. The van der Waals surface area contributed by atoms with E-state index in [0.29, 0.717) is 12.1 Å². The maximum atomic E-state index is 11.7. The molecule has 0 radical (unpaired) electrons. The summed E-state index contributed by atoms with van der Waals surface area (Å²) in [5.41, 5.74) is 8.01. The Morgan fingerprint density at radius 1 is 1.24 bits per heavy atom. The lowest BCUT2D eigenvalue weighted by Crippen LogP contribution is -2.29. The number of imidazole rings is 1. The molecule has 1 amide bonds. The first-order chi connectivity index (χ1) is 11.8.